The summed E-state index contributed by atoms with van der Waals surface area (Å²) in [6, 6.07) is 12.7. The lowest BCUT2D eigenvalue weighted by molar-refractivity contribution is -0.200. The Balaban J connectivity index is 1.60. The number of anilines is 1. The highest BCUT2D eigenvalue weighted by Crippen LogP contribution is 2.32. The number of rotatable bonds is 12. The normalized spacial score (nSPS) is 15.2. The van der Waals surface area contributed by atoms with Crippen LogP contribution in [0.25, 0.3) is 22.2 Å². The van der Waals surface area contributed by atoms with E-state index >= 15 is 0 Å². The second-order valence-electron chi connectivity index (χ2n) is 11.5. The molecule has 18 heteroatoms. The topological polar surface area (TPSA) is 239 Å². The van der Waals surface area contributed by atoms with Gasteiger partial charge in [0.25, 0.3) is 11.9 Å². The first-order valence-corrected chi connectivity index (χ1v) is 16.0. The van der Waals surface area contributed by atoms with Crippen molar-refractivity contribution in [3.05, 3.63) is 47.5 Å². The molecule has 0 radical (unpaired) electrons. The number of aliphatic hydroxyl groups excluding tert-OH is 1. The standard InChI is InChI=1S/C33H38ClN7O10/c1-17(42)48-16-26(46)28(49-18(2)43)29(50-19(3)44)30(51-20(4)45)31(47)41-12-10-40(11-13-41)23-7-5-6-21(14-23)27-24-15-22(34)8-9-25(24)37-33(38-27)39-32(35)36/h5-9,14-15,26,28-30,46H,10-13,16H2,1-4H3,(H4,35,36,37,38,39)/t26-,28-,29+,30-/m1/s1. The highest BCUT2D eigenvalue weighted by molar-refractivity contribution is 6.31. The molecule has 2 heterocycles. The van der Waals surface area contributed by atoms with Crippen LogP contribution in [-0.4, -0.2) is 113 Å². The summed E-state index contributed by atoms with van der Waals surface area (Å²) >= 11 is 6.30. The van der Waals surface area contributed by atoms with E-state index < -0.39 is 60.8 Å². The molecule has 5 N–H and O–H groups in total. The Morgan fingerprint density at radius 2 is 1.51 bits per heavy atom. The van der Waals surface area contributed by atoms with Gasteiger partial charge in [0.1, 0.15) is 12.7 Å². The zero-order chi connectivity index (χ0) is 37.4. The van der Waals surface area contributed by atoms with Crippen LogP contribution in [0.5, 0.6) is 0 Å². The lowest BCUT2D eigenvalue weighted by Gasteiger charge is -2.39. The molecule has 0 unspecified atom stereocenters. The molecule has 51 heavy (non-hydrogen) atoms. The molecule has 3 aromatic rings. The molecule has 1 aliphatic rings. The van der Waals surface area contributed by atoms with Crippen LogP contribution >= 0.6 is 11.6 Å². The average Bonchev–Trinajstić information content (AvgIpc) is 3.06. The Hall–Kier alpha value is -5.55. The molecule has 0 spiro atoms. The van der Waals surface area contributed by atoms with Crippen LogP contribution in [-0.2, 0) is 42.9 Å². The minimum absolute atomic E-state index is 0.0709. The monoisotopic (exact) mass is 727 g/mol. The molecule has 1 amide bonds. The lowest BCUT2D eigenvalue weighted by Crippen LogP contribution is -2.59. The number of carbonyl (C=O) groups is 5. The van der Waals surface area contributed by atoms with Crippen molar-refractivity contribution >= 4 is 69.9 Å². The number of carbonyl (C=O) groups excluding carboxylic acids is 5. The largest absolute Gasteiger partial charge is 0.463 e. The zero-order valence-corrected chi connectivity index (χ0v) is 29.0. The summed E-state index contributed by atoms with van der Waals surface area (Å²) in [5, 5.41) is 12.0. The number of aliphatic hydroxyl groups is 1. The quantitative estimate of drug-likeness (QED) is 0.103. The van der Waals surface area contributed by atoms with Crippen LogP contribution in [0.4, 0.5) is 11.6 Å². The maximum absolute atomic E-state index is 14.0. The number of aromatic nitrogens is 2. The molecule has 1 aliphatic heterocycles. The fourth-order valence-corrected chi connectivity index (χ4v) is 5.64. The van der Waals surface area contributed by atoms with Gasteiger partial charge in [0, 0.05) is 75.5 Å². The highest BCUT2D eigenvalue weighted by Gasteiger charge is 2.46. The van der Waals surface area contributed by atoms with Crippen molar-refractivity contribution in [2.24, 2.45) is 16.5 Å². The van der Waals surface area contributed by atoms with Gasteiger partial charge < -0.3 is 45.3 Å². The number of aliphatic imine (C=N–C) groups is 1. The summed E-state index contributed by atoms with van der Waals surface area (Å²) in [7, 11) is 0. The van der Waals surface area contributed by atoms with Crippen LogP contribution in [0.15, 0.2) is 47.5 Å². The zero-order valence-electron chi connectivity index (χ0n) is 28.3. The van der Waals surface area contributed by atoms with Crippen molar-refractivity contribution in [1.82, 2.24) is 14.9 Å². The first kappa shape index (κ1) is 38.3. The number of piperazine rings is 1. The fourth-order valence-electron chi connectivity index (χ4n) is 5.47. The molecular weight excluding hydrogens is 690 g/mol. The number of benzene rings is 2. The van der Waals surface area contributed by atoms with E-state index in [1.54, 1.807) is 18.2 Å². The van der Waals surface area contributed by atoms with Gasteiger partial charge in [-0.2, -0.15) is 4.99 Å². The molecule has 17 nitrogen and oxygen atoms in total. The summed E-state index contributed by atoms with van der Waals surface area (Å²) in [6.45, 7) is 4.47. The van der Waals surface area contributed by atoms with E-state index in [4.69, 9.17) is 42.0 Å². The predicted molar refractivity (Wildman–Crippen MR) is 184 cm³/mol. The van der Waals surface area contributed by atoms with Crippen molar-refractivity contribution in [1.29, 1.82) is 0 Å². The number of ether oxygens (including phenoxy) is 4. The summed E-state index contributed by atoms with van der Waals surface area (Å²) in [5.74, 6) is -4.38. The number of guanidine groups is 1. The molecule has 1 fully saturated rings. The van der Waals surface area contributed by atoms with Crippen LogP contribution in [0.2, 0.25) is 5.02 Å². The summed E-state index contributed by atoms with van der Waals surface area (Å²) in [5.41, 5.74) is 13.8. The van der Waals surface area contributed by atoms with Crippen molar-refractivity contribution in [2.45, 2.75) is 52.1 Å². The summed E-state index contributed by atoms with van der Waals surface area (Å²) < 4.78 is 20.7. The van der Waals surface area contributed by atoms with Crippen LogP contribution in [0.1, 0.15) is 27.7 Å². The summed E-state index contributed by atoms with van der Waals surface area (Å²) in [6.07, 6.45) is -7.11. The maximum Gasteiger partial charge on any atom is 0.303 e. The number of fused-ring (bicyclic) bond motifs is 1. The Kier molecular flexibility index (Phi) is 12.7. The highest BCUT2D eigenvalue weighted by atomic mass is 35.5. The van der Waals surface area contributed by atoms with Gasteiger partial charge in [-0.05, 0) is 30.3 Å². The van der Waals surface area contributed by atoms with Gasteiger partial charge in [0.15, 0.2) is 18.2 Å². The van der Waals surface area contributed by atoms with Gasteiger partial charge in [-0.3, -0.25) is 24.0 Å². The number of nitrogens with two attached hydrogens (primary N) is 2. The van der Waals surface area contributed by atoms with E-state index in [-0.39, 0.29) is 25.0 Å². The Morgan fingerprint density at radius 1 is 0.863 bits per heavy atom. The number of amides is 1. The molecule has 0 saturated carbocycles. The average molecular weight is 728 g/mol. The Bertz CT molecular complexity index is 1830. The molecule has 1 saturated heterocycles. The van der Waals surface area contributed by atoms with Gasteiger partial charge in [0.05, 0.1) is 11.2 Å². The molecule has 0 aliphatic carbocycles. The van der Waals surface area contributed by atoms with Crippen LogP contribution < -0.4 is 16.4 Å². The minimum atomic E-state index is -1.82. The van der Waals surface area contributed by atoms with E-state index in [9.17, 15) is 29.1 Å². The SMILES string of the molecule is CC(=O)OC[C@@H](O)[C@@H](OC(C)=O)[C@H](OC(C)=O)[C@@H](OC(C)=O)C(=O)N1CCN(c2cccc(-c3nc(N=C(N)N)nc4ccc(Cl)cc34)c2)CC1. The fraction of sp³-hybridized carbons (Fsp3) is 0.394. The molecule has 4 rings (SSSR count). The maximum atomic E-state index is 14.0. The van der Waals surface area contributed by atoms with E-state index in [0.717, 1.165) is 38.9 Å². The van der Waals surface area contributed by atoms with Crippen LogP contribution in [0.3, 0.4) is 0 Å². The molecule has 4 atom stereocenters. The molecule has 2 aromatic carbocycles. The third-order valence-corrected chi connectivity index (χ3v) is 7.79. The molecule has 1 aromatic heterocycles. The van der Waals surface area contributed by atoms with E-state index in [2.05, 4.69) is 15.0 Å². The summed E-state index contributed by atoms with van der Waals surface area (Å²) in [4.78, 5) is 78.2. The number of nitrogens with zero attached hydrogens (tertiary/aromatic N) is 5. The third-order valence-electron chi connectivity index (χ3n) is 7.55. The van der Waals surface area contributed by atoms with Gasteiger partial charge in [-0.25, -0.2) is 9.97 Å². The number of esters is 4. The van der Waals surface area contributed by atoms with Gasteiger partial charge >= 0.3 is 23.9 Å². The number of hydrogen-bond acceptors (Lipinski definition) is 14. The van der Waals surface area contributed by atoms with Crippen molar-refractivity contribution in [3.63, 3.8) is 0 Å². The van der Waals surface area contributed by atoms with Crippen molar-refractivity contribution in [3.8, 4) is 11.3 Å². The first-order valence-electron chi connectivity index (χ1n) is 15.7. The van der Waals surface area contributed by atoms with E-state index in [0.29, 0.717) is 34.7 Å². The Morgan fingerprint density at radius 3 is 2.12 bits per heavy atom. The molecular formula is C33H38ClN7O10. The lowest BCUT2D eigenvalue weighted by atomic mass is 10.0. The number of hydrogen-bond donors (Lipinski definition) is 3. The second-order valence-corrected chi connectivity index (χ2v) is 11.9. The predicted octanol–water partition coefficient (Wildman–Crippen LogP) is 1.22. The van der Waals surface area contributed by atoms with E-state index in [1.807, 2.05) is 29.2 Å². The first-order chi connectivity index (χ1) is 24.1. The van der Waals surface area contributed by atoms with E-state index in [1.165, 1.54) is 4.90 Å². The van der Waals surface area contributed by atoms with Crippen LogP contribution in [0, 0.1) is 0 Å². The second kappa shape index (κ2) is 16.9. The molecule has 272 valence electrons. The Labute approximate surface area is 297 Å². The van der Waals surface area contributed by atoms with Crippen molar-refractivity contribution < 1.29 is 48.0 Å². The smallest absolute Gasteiger partial charge is 0.303 e. The molecule has 0 bridgehead atoms. The van der Waals surface area contributed by atoms with Gasteiger partial charge in [0.2, 0.25) is 6.10 Å². The van der Waals surface area contributed by atoms with Crippen molar-refractivity contribution in [2.75, 3.05) is 37.7 Å². The van der Waals surface area contributed by atoms with Gasteiger partial charge in [-0.15, -0.1) is 0 Å². The minimum Gasteiger partial charge on any atom is -0.463 e. The third kappa shape index (κ3) is 10.2. The number of halogens is 1. The van der Waals surface area contributed by atoms with Gasteiger partial charge in [-0.1, -0.05) is 23.7 Å².